The van der Waals surface area contributed by atoms with E-state index in [0.717, 1.165) is 24.3 Å². The minimum atomic E-state index is 0.0721. The molecule has 0 aliphatic carbocycles. The molecule has 2 aromatic carbocycles. The van der Waals surface area contributed by atoms with Gasteiger partial charge in [-0.3, -0.25) is 4.79 Å². The highest BCUT2D eigenvalue weighted by molar-refractivity contribution is 5.76. The molecule has 2 rings (SSSR count). The summed E-state index contributed by atoms with van der Waals surface area (Å²) < 4.78 is 5.76. The summed E-state index contributed by atoms with van der Waals surface area (Å²) in [6, 6.07) is 18.1. The molecule has 0 fully saturated rings. The van der Waals surface area contributed by atoms with Crippen LogP contribution >= 0.6 is 0 Å². The quantitative estimate of drug-likeness (QED) is 0.642. The van der Waals surface area contributed by atoms with Gasteiger partial charge in [-0.2, -0.15) is 0 Å². The maximum absolute atomic E-state index is 11.9. The molecule has 0 aromatic heterocycles. The lowest BCUT2D eigenvalue weighted by molar-refractivity contribution is -0.120. The summed E-state index contributed by atoms with van der Waals surface area (Å²) in [5.41, 5.74) is 2.23. The van der Waals surface area contributed by atoms with Gasteiger partial charge in [-0.25, -0.2) is 0 Å². The second-order valence-electron chi connectivity index (χ2n) is 6.28. The Morgan fingerprint density at radius 3 is 2.48 bits per heavy atom. The number of hydrogen-bond acceptors (Lipinski definition) is 3. The summed E-state index contributed by atoms with van der Waals surface area (Å²) in [5.74, 6) is 0.892. The highest BCUT2D eigenvalue weighted by atomic mass is 16.5. The molecule has 0 aliphatic heterocycles. The Labute approximate surface area is 150 Å². The third-order valence-corrected chi connectivity index (χ3v) is 3.72. The van der Waals surface area contributed by atoms with Crippen LogP contribution in [0, 0.1) is 0 Å². The van der Waals surface area contributed by atoms with Crippen LogP contribution in [-0.2, 0) is 11.2 Å². The second kappa shape index (κ2) is 10.4. The van der Waals surface area contributed by atoms with E-state index in [1.807, 2.05) is 56.3 Å². The van der Waals surface area contributed by atoms with Gasteiger partial charge in [0.25, 0.3) is 0 Å². The van der Waals surface area contributed by atoms with Gasteiger partial charge in [0, 0.05) is 19.5 Å². The van der Waals surface area contributed by atoms with Gasteiger partial charge in [-0.05, 0) is 44.4 Å². The molecule has 0 saturated heterocycles. The first-order valence-electron chi connectivity index (χ1n) is 8.95. The topological polar surface area (TPSA) is 50.4 Å². The van der Waals surface area contributed by atoms with E-state index >= 15 is 0 Å². The van der Waals surface area contributed by atoms with Gasteiger partial charge in [-0.15, -0.1) is 0 Å². The van der Waals surface area contributed by atoms with Crippen LogP contribution in [0.4, 0.5) is 5.69 Å². The Kier molecular flexibility index (Phi) is 7.83. The van der Waals surface area contributed by atoms with Crippen molar-refractivity contribution in [3.63, 3.8) is 0 Å². The summed E-state index contributed by atoms with van der Waals surface area (Å²) in [4.78, 5) is 11.9. The van der Waals surface area contributed by atoms with Crippen LogP contribution < -0.4 is 15.4 Å². The van der Waals surface area contributed by atoms with Crippen LogP contribution in [0.15, 0.2) is 54.6 Å². The first-order chi connectivity index (χ1) is 12.1. The smallest absolute Gasteiger partial charge is 0.221 e. The third-order valence-electron chi connectivity index (χ3n) is 3.72. The van der Waals surface area contributed by atoms with E-state index in [0.29, 0.717) is 19.5 Å². The van der Waals surface area contributed by atoms with Crippen molar-refractivity contribution in [3.05, 3.63) is 60.2 Å². The largest absolute Gasteiger partial charge is 0.489 e. The third kappa shape index (κ3) is 7.29. The normalized spacial score (nSPS) is 10.5. The maximum atomic E-state index is 11.9. The molecule has 2 aromatic rings. The van der Waals surface area contributed by atoms with Crippen LogP contribution in [0.1, 0.15) is 32.3 Å². The highest BCUT2D eigenvalue weighted by Gasteiger charge is 2.06. The molecule has 0 bridgehead atoms. The molecule has 0 radical (unpaired) electrons. The van der Waals surface area contributed by atoms with Gasteiger partial charge in [0.15, 0.2) is 0 Å². The number of rotatable bonds is 10. The number of para-hydroxylation sites is 2. The first kappa shape index (κ1) is 18.8. The van der Waals surface area contributed by atoms with Gasteiger partial charge in [0.2, 0.25) is 5.91 Å². The van der Waals surface area contributed by atoms with Gasteiger partial charge in [-0.1, -0.05) is 42.5 Å². The van der Waals surface area contributed by atoms with E-state index < -0.39 is 0 Å². The molecular formula is C21H28N2O2. The number of benzene rings is 2. The summed E-state index contributed by atoms with van der Waals surface area (Å²) in [6.45, 7) is 5.29. The molecule has 0 spiro atoms. The number of carbonyl (C=O) groups excluding carboxylic acids is 1. The standard InChI is InChI=1S/C21H28N2O2/c1-17(2)25-20-13-7-6-12-19(20)22-16-14-21(24)23-15-8-11-18-9-4-3-5-10-18/h3-7,9-10,12-13,17,22H,8,11,14-16H2,1-2H3,(H,23,24). The molecule has 4 heteroatoms. The second-order valence-corrected chi connectivity index (χ2v) is 6.28. The fraction of sp³-hybridized carbons (Fsp3) is 0.381. The fourth-order valence-corrected chi connectivity index (χ4v) is 2.53. The molecule has 1 amide bonds. The van der Waals surface area contributed by atoms with Crippen molar-refractivity contribution in [1.29, 1.82) is 0 Å². The van der Waals surface area contributed by atoms with Crippen LogP contribution in [0.5, 0.6) is 5.75 Å². The number of hydrogen-bond donors (Lipinski definition) is 2. The lowest BCUT2D eigenvalue weighted by atomic mass is 10.1. The van der Waals surface area contributed by atoms with Crippen LogP contribution in [0.3, 0.4) is 0 Å². The minimum absolute atomic E-state index is 0.0721. The number of amides is 1. The number of nitrogens with one attached hydrogen (secondary N) is 2. The molecule has 0 unspecified atom stereocenters. The van der Waals surface area contributed by atoms with E-state index in [1.54, 1.807) is 0 Å². The summed E-state index contributed by atoms with van der Waals surface area (Å²) in [5, 5.41) is 6.26. The summed E-state index contributed by atoms with van der Waals surface area (Å²) in [7, 11) is 0. The Balaban J connectivity index is 1.64. The molecular weight excluding hydrogens is 312 g/mol. The van der Waals surface area contributed by atoms with Crippen molar-refractivity contribution in [1.82, 2.24) is 5.32 Å². The lowest BCUT2D eigenvalue weighted by Crippen LogP contribution is -2.26. The SMILES string of the molecule is CC(C)Oc1ccccc1NCCC(=O)NCCCc1ccccc1. The predicted octanol–water partition coefficient (Wildman–Crippen LogP) is 4.02. The van der Waals surface area contributed by atoms with Crippen molar-refractivity contribution in [3.8, 4) is 5.75 Å². The van der Waals surface area contributed by atoms with Crippen LogP contribution in [0.2, 0.25) is 0 Å². The zero-order valence-corrected chi connectivity index (χ0v) is 15.1. The van der Waals surface area contributed by atoms with Crippen molar-refractivity contribution < 1.29 is 9.53 Å². The fourth-order valence-electron chi connectivity index (χ4n) is 2.53. The van der Waals surface area contributed by atoms with Gasteiger partial charge < -0.3 is 15.4 Å². The van der Waals surface area contributed by atoms with E-state index in [4.69, 9.17) is 4.74 Å². The van der Waals surface area contributed by atoms with Gasteiger partial charge in [0.05, 0.1) is 11.8 Å². The Hall–Kier alpha value is -2.49. The Morgan fingerprint density at radius 2 is 1.72 bits per heavy atom. The van der Waals surface area contributed by atoms with Crippen molar-refractivity contribution >= 4 is 11.6 Å². The van der Waals surface area contributed by atoms with Gasteiger partial charge in [0.1, 0.15) is 5.75 Å². The zero-order valence-electron chi connectivity index (χ0n) is 15.1. The summed E-state index contributed by atoms with van der Waals surface area (Å²) >= 11 is 0. The zero-order chi connectivity index (χ0) is 17.9. The van der Waals surface area contributed by atoms with E-state index in [1.165, 1.54) is 5.56 Å². The average molecular weight is 340 g/mol. The molecule has 134 valence electrons. The minimum Gasteiger partial charge on any atom is -0.489 e. The van der Waals surface area contributed by atoms with Crippen LogP contribution in [0.25, 0.3) is 0 Å². The molecule has 25 heavy (non-hydrogen) atoms. The van der Waals surface area contributed by atoms with E-state index in [-0.39, 0.29) is 12.0 Å². The van der Waals surface area contributed by atoms with Crippen molar-refractivity contribution in [2.45, 2.75) is 39.2 Å². The lowest BCUT2D eigenvalue weighted by Gasteiger charge is -2.15. The maximum Gasteiger partial charge on any atom is 0.221 e. The Bertz CT molecular complexity index is 641. The molecule has 0 atom stereocenters. The first-order valence-corrected chi connectivity index (χ1v) is 8.95. The number of carbonyl (C=O) groups is 1. The Morgan fingerprint density at radius 1 is 1.00 bits per heavy atom. The van der Waals surface area contributed by atoms with E-state index in [2.05, 4.69) is 22.8 Å². The highest BCUT2D eigenvalue weighted by Crippen LogP contribution is 2.24. The number of ether oxygens (including phenoxy) is 1. The van der Waals surface area contributed by atoms with Gasteiger partial charge >= 0.3 is 0 Å². The van der Waals surface area contributed by atoms with Crippen LogP contribution in [-0.4, -0.2) is 25.1 Å². The molecule has 0 heterocycles. The van der Waals surface area contributed by atoms with Crippen molar-refractivity contribution in [2.24, 2.45) is 0 Å². The molecule has 0 saturated carbocycles. The summed E-state index contributed by atoms with van der Waals surface area (Å²) in [6.07, 6.45) is 2.50. The molecule has 0 aliphatic rings. The number of aryl methyl sites for hydroxylation is 1. The number of anilines is 1. The van der Waals surface area contributed by atoms with E-state index in [9.17, 15) is 4.79 Å². The monoisotopic (exact) mass is 340 g/mol. The molecule has 4 nitrogen and oxygen atoms in total. The predicted molar refractivity (Wildman–Crippen MR) is 103 cm³/mol. The van der Waals surface area contributed by atoms with Crippen molar-refractivity contribution in [2.75, 3.05) is 18.4 Å². The molecule has 2 N–H and O–H groups in total. The average Bonchev–Trinajstić information content (AvgIpc) is 2.61.